The fourth-order valence-electron chi connectivity index (χ4n) is 1.59. The second-order valence-corrected chi connectivity index (χ2v) is 4.21. The SMILES string of the molecule is CC(C)C1C=CC(C)(OO)CC1. The molecule has 1 aliphatic carbocycles. The van der Waals surface area contributed by atoms with Crippen molar-refractivity contribution in [3.63, 3.8) is 0 Å². The fourth-order valence-corrected chi connectivity index (χ4v) is 1.59. The van der Waals surface area contributed by atoms with Crippen LogP contribution in [0, 0.1) is 11.8 Å². The molecule has 0 amide bonds. The van der Waals surface area contributed by atoms with Crippen molar-refractivity contribution in [1.29, 1.82) is 0 Å². The summed E-state index contributed by atoms with van der Waals surface area (Å²) in [7, 11) is 0. The second-order valence-electron chi connectivity index (χ2n) is 4.21. The average molecular weight is 170 g/mol. The van der Waals surface area contributed by atoms with Crippen LogP contribution in [0.15, 0.2) is 12.2 Å². The summed E-state index contributed by atoms with van der Waals surface area (Å²) in [5, 5.41) is 8.62. The lowest BCUT2D eigenvalue weighted by atomic mass is 9.81. The molecule has 0 radical (unpaired) electrons. The molecule has 0 fully saturated rings. The van der Waals surface area contributed by atoms with Crippen molar-refractivity contribution < 1.29 is 10.1 Å². The van der Waals surface area contributed by atoms with Gasteiger partial charge in [0, 0.05) is 0 Å². The molecule has 0 saturated carbocycles. The Morgan fingerprint density at radius 3 is 2.58 bits per heavy atom. The molecule has 0 bridgehead atoms. The van der Waals surface area contributed by atoms with Gasteiger partial charge in [-0.25, -0.2) is 4.89 Å². The maximum Gasteiger partial charge on any atom is 0.119 e. The number of hydrogen-bond acceptors (Lipinski definition) is 2. The van der Waals surface area contributed by atoms with Crippen LogP contribution in [0.25, 0.3) is 0 Å². The minimum absolute atomic E-state index is 0.439. The molecular formula is C10H18O2. The summed E-state index contributed by atoms with van der Waals surface area (Å²) >= 11 is 0. The maximum atomic E-state index is 8.62. The minimum atomic E-state index is -0.439. The monoisotopic (exact) mass is 170 g/mol. The first-order valence-electron chi connectivity index (χ1n) is 4.59. The van der Waals surface area contributed by atoms with E-state index in [0.29, 0.717) is 11.8 Å². The minimum Gasteiger partial charge on any atom is -0.251 e. The Kier molecular flexibility index (Phi) is 2.91. The molecule has 0 aromatic carbocycles. The zero-order chi connectivity index (χ0) is 9.19. The van der Waals surface area contributed by atoms with Gasteiger partial charge in [0.2, 0.25) is 0 Å². The molecule has 1 rings (SSSR count). The van der Waals surface area contributed by atoms with Crippen LogP contribution in [0.1, 0.15) is 33.6 Å². The highest BCUT2D eigenvalue weighted by molar-refractivity contribution is 5.06. The van der Waals surface area contributed by atoms with Gasteiger partial charge in [0.25, 0.3) is 0 Å². The third-order valence-corrected chi connectivity index (χ3v) is 2.73. The van der Waals surface area contributed by atoms with Gasteiger partial charge in [-0.05, 0) is 31.6 Å². The van der Waals surface area contributed by atoms with Crippen LogP contribution in [-0.2, 0) is 4.89 Å². The van der Waals surface area contributed by atoms with Gasteiger partial charge in [-0.15, -0.1) is 0 Å². The Bertz CT molecular complexity index is 175. The third kappa shape index (κ3) is 2.08. The predicted molar refractivity (Wildman–Crippen MR) is 48.8 cm³/mol. The van der Waals surface area contributed by atoms with Crippen LogP contribution in [0.2, 0.25) is 0 Å². The Labute approximate surface area is 74.2 Å². The summed E-state index contributed by atoms with van der Waals surface area (Å²) in [6, 6.07) is 0. The smallest absolute Gasteiger partial charge is 0.119 e. The van der Waals surface area contributed by atoms with Gasteiger partial charge in [-0.1, -0.05) is 26.0 Å². The summed E-state index contributed by atoms with van der Waals surface area (Å²) in [5.41, 5.74) is -0.439. The normalized spacial score (nSPS) is 35.9. The topological polar surface area (TPSA) is 29.5 Å². The Balaban J connectivity index is 2.58. The summed E-state index contributed by atoms with van der Waals surface area (Å²) < 4.78 is 0. The molecule has 2 nitrogen and oxygen atoms in total. The van der Waals surface area contributed by atoms with Crippen molar-refractivity contribution in [3.8, 4) is 0 Å². The van der Waals surface area contributed by atoms with Crippen molar-refractivity contribution in [3.05, 3.63) is 12.2 Å². The Hall–Kier alpha value is -0.340. The van der Waals surface area contributed by atoms with Gasteiger partial charge >= 0.3 is 0 Å². The van der Waals surface area contributed by atoms with Crippen LogP contribution in [0.3, 0.4) is 0 Å². The Morgan fingerprint density at radius 1 is 1.58 bits per heavy atom. The predicted octanol–water partition coefficient (Wildman–Crippen LogP) is 2.86. The zero-order valence-electron chi connectivity index (χ0n) is 8.08. The molecule has 0 aromatic rings. The fraction of sp³-hybridized carbons (Fsp3) is 0.800. The first-order chi connectivity index (χ1) is 5.57. The van der Waals surface area contributed by atoms with Gasteiger partial charge in [0.15, 0.2) is 0 Å². The molecule has 2 unspecified atom stereocenters. The van der Waals surface area contributed by atoms with E-state index in [1.165, 1.54) is 0 Å². The van der Waals surface area contributed by atoms with Crippen molar-refractivity contribution in [2.45, 2.75) is 39.2 Å². The highest BCUT2D eigenvalue weighted by Gasteiger charge is 2.28. The van der Waals surface area contributed by atoms with Crippen molar-refractivity contribution >= 4 is 0 Å². The van der Waals surface area contributed by atoms with E-state index in [1.807, 2.05) is 13.0 Å². The molecule has 0 spiro atoms. The lowest BCUT2D eigenvalue weighted by Crippen LogP contribution is -2.29. The van der Waals surface area contributed by atoms with E-state index in [1.54, 1.807) is 0 Å². The number of allylic oxidation sites excluding steroid dienone is 1. The molecule has 0 aromatic heterocycles. The highest BCUT2D eigenvalue weighted by atomic mass is 17.1. The van der Waals surface area contributed by atoms with E-state index in [4.69, 9.17) is 5.26 Å². The molecule has 2 atom stereocenters. The van der Waals surface area contributed by atoms with E-state index < -0.39 is 5.60 Å². The third-order valence-electron chi connectivity index (χ3n) is 2.73. The first-order valence-corrected chi connectivity index (χ1v) is 4.59. The molecule has 0 aliphatic heterocycles. The molecule has 1 N–H and O–H groups in total. The van der Waals surface area contributed by atoms with Crippen LogP contribution >= 0.6 is 0 Å². The van der Waals surface area contributed by atoms with Crippen LogP contribution in [-0.4, -0.2) is 10.9 Å². The number of rotatable bonds is 2. The van der Waals surface area contributed by atoms with E-state index in [2.05, 4.69) is 24.8 Å². The van der Waals surface area contributed by atoms with Gasteiger partial charge in [0.1, 0.15) is 5.60 Å². The van der Waals surface area contributed by atoms with Crippen molar-refractivity contribution in [2.24, 2.45) is 11.8 Å². The lowest BCUT2D eigenvalue weighted by Gasteiger charge is -2.30. The average Bonchev–Trinajstić information content (AvgIpc) is 2.05. The molecule has 1 aliphatic rings. The molecule has 2 heteroatoms. The van der Waals surface area contributed by atoms with Gasteiger partial charge in [-0.2, -0.15) is 0 Å². The molecule has 0 saturated heterocycles. The quantitative estimate of drug-likeness (QED) is 0.392. The van der Waals surface area contributed by atoms with Crippen LogP contribution in [0.5, 0.6) is 0 Å². The zero-order valence-corrected chi connectivity index (χ0v) is 8.08. The van der Waals surface area contributed by atoms with E-state index in [-0.39, 0.29) is 0 Å². The largest absolute Gasteiger partial charge is 0.251 e. The summed E-state index contributed by atoms with van der Waals surface area (Å²) in [4.78, 5) is 4.42. The molecular weight excluding hydrogens is 152 g/mol. The first kappa shape index (κ1) is 9.75. The van der Waals surface area contributed by atoms with E-state index in [9.17, 15) is 0 Å². The molecule has 0 heterocycles. The van der Waals surface area contributed by atoms with Crippen LogP contribution < -0.4 is 0 Å². The summed E-state index contributed by atoms with van der Waals surface area (Å²) in [6.07, 6.45) is 6.14. The number of hydrogen-bond donors (Lipinski definition) is 1. The van der Waals surface area contributed by atoms with Gasteiger partial charge in [-0.3, -0.25) is 5.26 Å². The summed E-state index contributed by atoms with van der Waals surface area (Å²) in [5.74, 6) is 1.33. The van der Waals surface area contributed by atoms with E-state index >= 15 is 0 Å². The van der Waals surface area contributed by atoms with Gasteiger partial charge < -0.3 is 0 Å². The lowest BCUT2D eigenvalue weighted by molar-refractivity contribution is -0.305. The maximum absolute atomic E-state index is 8.62. The standard InChI is InChI=1S/C10H18O2/c1-8(2)9-4-6-10(3,12-11)7-5-9/h4,6,8-9,11H,5,7H2,1-3H3. The van der Waals surface area contributed by atoms with Crippen molar-refractivity contribution in [2.75, 3.05) is 0 Å². The van der Waals surface area contributed by atoms with Crippen molar-refractivity contribution in [1.82, 2.24) is 0 Å². The van der Waals surface area contributed by atoms with E-state index in [0.717, 1.165) is 12.8 Å². The highest BCUT2D eigenvalue weighted by Crippen LogP contribution is 2.31. The van der Waals surface area contributed by atoms with Crippen LogP contribution in [0.4, 0.5) is 0 Å². The van der Waals surface area contributed by atoms with Gasteiger partial charge in [0.05, 0.1) is 0 Å². The summed E-state index contributed by atoms with van der Waals surface area (Å²) in [6.45, 7) is 6.34. The molecule has 70 valence electrons. The second kappa shape index (κ2) is 3.58. The molecule has 12 heavy (non-hydrogen) atoms. The Morgan fingerprint density at radius 2 is 2.25 bits per heavy atom.